The van der Waals surface area contributed by atoms with Crippen molar-refractivity contribution in [2.24, 2.45) is 0 Å². The summed E-state index contributed by atoms with van der Waals surface area (Å²) >= 11 is 0. The molecular weight excluding hydrogens is 232 g/mol. The molecule has 0 aliphatic carbocycles. The quantitative estimate of drug-likeness (QED) is 0.865. The SMILES string of the molecule is CNC(=O)c1c(-c2ccccc2)noc1C(C)O. The molecule has 5 heteroatoms. The van der Waals surface area contributed by atoms with E-state index in [2.05, 4.69) is 10.5 Å². The monoisotopic (exact) mass is 246 g/mol. The summed E-state index contributed by atoms with van der Waals surface area (Å²) in [6.07, 6.45) is -0.887. The molecule has 1 heterocycles. The van der Waals surface area contributed by atoms with Crippen LogP contribution in [0.25, 0.3) is 11.3 Å². The van der Waals surface area contributed by atoms with Gasteiger partial charge in [-0.05, 0) is 6.92 Å². The van der Waals surface area contributed by atoms with E-state index in [1.165, 1.54) is 14.0 Å². The number of nitrogens with one attached hydrogen (secondary N) is 1. The summed E-state index contributed by atoms with van der Waals surface area (Å²) < 4.78 is 5.07. The molecule has 1 aromatic carbocycles. The number of nitrogens with zero attached hydrogens (tertiary/aromatic N) is 1. The third-order valence-corrected chi connectivity index (χ3v) is 2.60. The molecule has 0 bridgehead atoms. The predicted molar refractivity (Wildman–Crippen MR) is 66.0 cm³/mol. The van der Waals surface area contributed by atoms with Crippen molar-refractivity contribution >= 4 is 5.91 Å². The first-order chi connectivity index (χ1) is 8.65. The van der Waals surface area contributed by atoms with Gasteiger partial charge in [-0.15, -0.1) is 0 Å². The number of aromatic nitrogens is 1. The number of rotatable bonds is 3. The highest BCUT2D eigenvalue weighted by molar-refractivity contribution is 6.00. The van der Waals surface area contributed by atoms with E-state index in [0.717, 1.165) is 5.56 Å². The smallest absolute Gasteiger partial charge is 0.257 e. The number of aliphatic hydroxyl groups excluding tert-OH is 1. The van der Waals surface area contributed by atoms with Crippen LogP contribution in [0, 0.1) is 0 Å². The van der Waals surface area contributed by atoms with E-state index < -0.39 is 6.10 Å². The molecule has 0 radical (unpaired) electrons. The summed E-state index contributed by atoms with van der Waals surface area (Å²) in [5.41, 5.74) is 1.48. The molecule has 2 N–H and O–H groups in total. The van der Waals surface area contributed by atoms with Gasteiger partial charge in [-0.3, -0.25) is 4.79 Å². The molecule has 1 unspecified atom stereocenters. The first kappa shape index (κ1) is 12.3. The van der Waals surface area contributed by atoms with Gasteiger partial charge in [-0.1, -0.05) is 35.5 Å². The van der Waals surface area contributed by atoms with Gasteiger partial charge >= 0.3 is 0 Å². The minimum atomic E-state index is -0.887. The van der Waals surface area contributed by atoms with Crippen LogP contribution < -0.4 is 5.32 Å². The number of carbonyl (C=O) groups is 1. The molecule has 1 amide bonds. The van der Waals surface area contributed by atoms with Gasteiger partial charge in [0, 0.05) is 12.6 Å². The first-order valence-electron chi connectivity index (χ1n) is 5.60. The highest BCUT2D eigenvalue weighted by atomic mass is 16.5. The fourth-order valence-electron chi connectivity index (χ4n) is 1.73. The number of carbonyl (C=O) groups excluding carboxylic acids is 1. The van der Waals surface area contributed by atoms with Crippen molar-refractivity contribution in [1.82, 2.24) is 10.5 Å². The average molecular weight is 246 g/mol. The Labute approximate surface area is 104 Å². The number of aliphatic hydroxyl groups is 1. The van der Waals surface area contributed by atoms with Crippen LogP contribution in [-0.2, 0) is 0 Å². The third-order valence-electron chi connectivity index (χ3n) is 2.60. The summed E-state index contributed by atoms with van der Waals surface area (Å²) in [5, 5.41) is 16.0. The molecule has 18 heavy (non-hydrogen) atoms. The molecule has 1 aromatic heterocycles. The molecule has 0 aliphatic heterocycles. The van der Waals surface area contributed by atoms with Crippen molar-refractivity contribution in [3.05, 3.63) is 41.7 Å². The molecule has 94 valence electrons. The van der Waals surface area contributed by atoms with Gasteiger partial charge in [0.05, 0.1) is 0 Å². The Bertz CT molecular complexity index is 547. The van der Waals surface area contributed by atoms with Gasteiger partial charge in [-0.25, -0.2) is 0 Å². The van der Waals surface area contributed by atoms with Crippen molar-refractivity contribution in [3.8, 4) is 11.3 Å². The van der Waals surface area contributed by atoms with Crippen molar-refractivity contribution in [3.63, 3.8) is 0 Å². The normalized spacial score (nSPS) is 12.2. The van der Waals surface area contributed by atoms with E-state index in [4.69, 9.17) is 4.52 Å². The maximum absolute atomic E-state index is 11.9. The standard InChI is InChI=1S/C13H14N2O3/c1-8(16)12-10(13(17)14-2)11(15-18-12)9-6-4-3-5-7-9/h3-8,16H,1-2H3,(H,14,17). The van der Waals surface area contributed by atoms with Crippen molar-refractivity contribution in [2.45, 2.75) is 13.0 Å². The van der Waals surface area contributed by atoms with Gasteiger partial charge in [0.15, 0.2) is 5.76 Å². The van der Waals surface area contributed by atoms with Crippen LogP contribution in [0.2, 0.25) is 0 Å². The maximum Gasteiger partial charge on any atom is 0.257 e. The number of amides is 1. The zero-order valence-electron chi connectivity index (χ0n) is 10.2. The average Bonchev–Trinajstić information content (AvgIpc) is 2.83. The van der Waals surface area contributed by atoms with Gasteiger partial charge in [0.1, 0.15) is 17.4 Å². The topological polar surface area (TPSA) is 75.4 Å². The van der Waals surface area contributed by atoms with Crippen molar-refractivity contribution in [2.75, 3.05) is 7.05 Å². The first-order valence-corrected chi connectivity index (χ1v) is 5.60. The molecule has 0 aliphatic rings. The zero-order valence-corrected chi connectivity index (χ0v) is 10.2. The molecule has 1 atom stereocenters. The molecule has 2 rings (SSSR count). The number of hydrogen-bond donors (Lipinski definition) is 2. The van der Waals surface area contributed by atoms with E-state index in [1.807, 2.05) is 30.3 Å². The molecule has 0 saturated heterocycles. The third kappa shape index (κ3) is 2.12. The van der Waals surface area contributed by atoms with Crippen LogP contribution in [0.3, 0.4) is 0 Å². The van der Waals surface area contributed by atoms with Gasteiger partial charge in [0.25, 0.3) is 5.91 Å². The van der Waals surface area contributed by atoms with E-state index in [-0.39, 0.29) is 17.2 Å². The lowest BCUT2D eigenvalue weighted by molar-refractivity contribution is 0.0950. The molecule has 2 aromatic rings. The van der Waals surface area contributed by atoms with E-state index in [0.29, 0.717) is 5.69 Å². The minimum absolute atomic E-state index is 0.174. The molecule has 0 spiro atoms. The maximum atomic E-state index is 11.9. The summed E-state index contributed by atoms with van der Waals surface area (Å²) in [4.78, 5) is 11.9. The highest BCUT2D eigenvalue weighted by Crippen LogP contribution is 2.28. The summed E-state index contributed by atoms with van der Waals surface area (Å²) in [5.74, 6) is -0.154. The Hall–Kier alpha value is -2.14. The summed E-state index contributed by atoms with van der Waals surface area (Å²) in [7, 11) is 1.52. The van der Waals surface area contributed by atoms with E-state index in [1.54, 1.807) is 0 Å². The van der Waals surface area contributed by atoms with Gasteiger partial charge < -0.3 is 14.9 Å². The second-order valence-electron chi connectivity index (χ2n) is 3.89. The highest BCUT2D eigenvalue weighted by Gasteiger charge is 2.25. The van der Waals surface area contributed by atoms with Crippen molar-refractivity contribution in [1.29, 1.82) is 0 Å². The second-order valence-corrected chi connectivity index (χ2v) is 3.89. The Kier molecular flexibility index (Phi) is 3.43. The van der Waals surface area contributed by atoms with E-state index in [9.17, 15) is 9.90 Å². The summed E-state index contributed by atoms with van der Waals surface area (Å²) in [6.45, 7) is 1.53. The van der Waals surface area contributed by atoms with Gasteiger partial charge in [0.2, 0.25) is 0 Å². The minimum Gasteiger partial charge on any atom is -0.385 e. The lowest BCUT2D eigenvalue weighted by atomic mass is 10.0. The Morgan fingerprint density at radius 2 is 2.06 bits per heavy atom. The van der Waals surface area contributed by atoms with Gasteiger partial charge in [-0.2, -0.15) is 0 Å². The van der Waals surface area contributed by atoms with Crippen LogP contribution in [0.5, 0.6) is 0 Å². The number of benzene rings is 1. The fraction of sp³-hybridized carbons (Fsp3) is 0.231. The Morgan fingerprint density at radius 3 is 2.61 bits per heavy atom. The Morgan fingerprint density at radius 1 is 1.39 bits per heavy atom. The molecule has 5 nitrogen and oxygen atoms in total. The fourth-order valence-corrected chi connectivity index (χ4v) is 1.73. The number of hydrogen-bond acceptors (Lipinski definition) is 4. The second kappa shape index (κ2) is 5.01. The van der Waals surface area contributed by atoms with Crippen LogP contribution in [0.1, 0.15) is 29.1 Å². The van der Waals surface area contributed by atoms with Crippen LogP contribution in [0.15, 0.2) is 34.9 Å². The van der Waals surface area contributed by atoms with Crippen LogP contribution in [0.4, 0.5) is 0 Å². The molecule has 0 fully saturated rings. The molecular formula is C13H14N2O3. The predicted octanol–water partition coefficient (Wildman–Crippen LogP) is 1.75. The van der Waals surface area contributed by atoms with Crippen molar-refractivity contribution < 1.29 is 14.4 Å². The largest absolute Gasteiger partial charge is 0.385 e. The lowest BCUT2D eigenvalue weighted by Crippen LogP contribution is -2.20. The summed E-state index contributed by atoms with van der Waals surface area (Å²) in [6, 6.07) is 9.23. The lowest BCUT2D eigenvalue weighted by Gasteiger charge is -2.04. The zero-order chi connectivity index (χ0) is 13.1. The van der Waals surface area contributed by atoms with Crippen LogP contribution >= 0.6 is 0 Å². The Balaban J connectivity index is 2.58. The van der Waals surface area contributed by atoms with E-state index >= 15 is 0 Å². The molecule has 0 saturated carbocycles. The van der Waals surface area contributed by atoms with Crippen LogP contribution in [-0.4, -0.2) is 23.2 Å².